The fourth-order valence-corrected chi connectivity index (χ4v) is 2.16. The topological polar surface area (TPSA) is 101 Å². The first-order valence-electron chi connectivity index (χ1n) is 6.80. The van der Waals surface area contributed by atoms with Gasteiger partial charge in [-0.2, -0.15) is 0 Å². The van der Waals surface area contributed by atoms with E-state index in [1.807, 2.05) is 0 Å². The zero-order valence-electron chi connectivity index (χ0n) is 11.8. The molecule has 0 aliphatic heterocycles. The van der Waals surface area contributed by atoms with Gasteiger partial charge in [-0.05, 0) is 31.0 Å². The number of nitrogens with one attached hydrogen (secondary N) is 2. The highest BCUT2D eigenvalue weighted by Crippen LogP contribution is 2.42. The first-order chi connectivity index (χ1) is 10.6. The minimum Gasteiger partial charge on any atom is -0.468 e. The summed E-state index contributed by atoms with van der Waals surface area (Å²) in [5, 5.41) is 2.53. The van der Waals surface area contributed by atoms with Gasteiger partial charge in [-0.15, -0.1) is 0 Å². The average Bonchev–Trinajstić information content (AvgIpc) is 3.25. The van der Waals surface area contributed by atoms with E-state index in [0.717, 1.165) is 12.8 Å². The summed E-state index contributed by atoms with van der Waals surface area (Å²) in [6.45, 7) is 0. The summed E-state index contributed by atoms with van der Waals surface area (Å²) in [5.74, 6) is -0.122. The fourth-order valence-electron chi connectivity index (χ4n) is 2.16. The van der Waals surface area contributed by atoms with E-state index in [2.05, 4.69) is 15.0 Å². The Hall–Kier alpha value is -2.83. The smallest absolute Gasteiger partial charge is 0.354 e. The Morgan fingerprint density at radius 1 is 1.32 bits per heavy atom. The van der Waals surface area contributed by atoms with Crippen molar-refractivity contribution in [3.8, 4) is 0 Å². The van der Waals surface area contributed by atoms with E-state index < -0.39 is 17.4 Å². The fraction of sp³-hybridized carbons (Fsp3) is 0.267. The number of ether oxygens (including phenoxy) is 1. The van der Waals surface area contributed by atoms with Gasteiger partial charge in [0, 0.05) is 5.92 Å². The number of rotatable bonds is 4. The minimum atomic E-state index is -0.652. The predicted molar refractivity (Wildman–Crippen MR) is 77.0 cm³/mol. The molecule has 0 radical (unpaired) electrons. The second kappa shape index (κ2) is 5.51. The highest BCUT2D eigenvalue weighted by atomic mass is 16.5. The number of aromatic nitrogens is 1. The van der Waals surface area contributed by atoms with E-state index >= 15 is 0 Å². The second-order valence-corrected chi connectivity index (χ2v) is 5.03. The highest BCUT2D eigenvalue weighted by molar-refractivity contribution is 6.05. The average molecular weight is 302 g/mol. The van der Waals surface area contributed by atoms with E-state index in [9.17, 15) is 14.4 Å². The van der Waals surface area contributed by atoms with Crippen LogP contribution in [-0.2, 0) is 4.74 Å². The molecule has 1 saturated carbocycles. The first kappa shape index (κ1) is 14.1. The molecule has 2 aromatic rings. The van der Waals surface area contributed by atoms with Crippen molar-refractivity contribution < 1.29 is 18.7 Å². The summed E-state index contributed by atoms with van der Waals surface area (Å²) in [6.07, 6.45) is 3.47. The van der Waals surface area contributed by atoms with Crippen LogP contribution in [0.4, 0.5) is 5.69 Å². The van der Waals surface area contributed by atoms with Crippen LogP contribution in [0, 0.1) is 0 Å². The molecule has 22 heavy (non-hydrogen) atoms. The van der Waals surface area contributed by atoms with Gasteiger partial charge in [-0.1, -0.05) is 0 Å². The van der Waals surface area contributed by atoms with Crippen molar-refractivity contribution in [2.45, 2.75) is 18.8 Å². The SMILES string of the molecule is COC(=O)c1ccc(NC(=O)c2ccoc2C2CC2)c(=O)[nH]1. The monoisotopic (exact) mass is 302 g/mol. The molecule has 0 aromatic carbocycles. The molecule has 114 valence electrons. The zero-order chi connectivity index (χ0) is 15.7. The summed E-state index contributed by atoms with van der Waals surface area (Å²) in [5.41, 5.74) is -0.0697. The highest BCUT2D eigenvalue weighted by Gasteiger charge is 2.31. The Labute approximate surface area is 125 Å². The van der Waals surface area contributed by atoms with Crippen molar-refractivity contribution in [3.63, 3.8) is 0 Å². The summed E-state index contributed by atoms with van der Waals surface area (Å²) < 4.78 is 9.85. The predicted octanol–water partition coefficient (Wildman–Crippen LogP) is 1.88. The van der Waals surface area contributed by atoms with Gasteiger partial charge in [-0.3, -0.25) is 9.59 Å². The van der Waals surface area contributed by atoms with E-state index in [1.54, 1.807) is 6.07 Å². The van der Waals surface area contributed by atoms with Crippen molar-refractivity contribution in [1.82, 2.24) is 4.98 Å². The number of esters is 1. The molecule has 1 amide bonds. The third-order valence-electron chi connectivity index (χ3n) is 3.45. The molecule has 0 bridgehead atoms. The number of amides is 1. The van der Waals surface area contributed by atoms with Crippen LogP contribution >= 0.6 is 0 Å². The van der Waals surface area contributed by atoms with Crippen LogP contribution in [0.15, 0.2) is 33.7 Å². The van der Waals surface area contributed by atoms with Crippen LogP contribution in [0.5, 0.6) is 0 Å². The standard InChI is InChI=1S/C15H14N2O5/c1-21-15(20)11-5-4-10(14(19)17-11)16-13(18)9-6-7-22-12(9)8-2-3-8/h4-8H,2-3H2,1H3,(H,16,18)(H,17,19). The molecule has 0 unspecified atom stereocenters. The molecule has 7 nitrogen and oxygen atoms in total. The second-order valence-electron chi connectivity index (χ2n) is 5.03. The number of methoxy groups -OCH3 is 1. The number of pyridine rings is 1. The molecular weight excluding hydrogens is 288 g/mol. The maximum absolute atomic E-state index is 12.2. The van der Waals surface area contributed by atoms with Crippen LogP contribution < -0.4 is 10.9 Å². The minimum absolute atomic E-state index is 0.0208. The Morgan fingerprint density at radius 2 is 2.09 bits per heavy atom. The molecule has 0 spiro atoms. The first-order valence-corrected chi connectivity index (χ1v) is 6.80. The number of furan rings is 1. The number of hydrogen-bond donors (Lipinski definition) is 2. The molecule has 2 N–H and O–H groups in total. The molecule has 0 atom stereocenters. The summed E-state index contributed by atoms with van der Waals surface area (Å²) in [4.78, 5) is 37.8. The van der Waals surface area contributed by atoms with Crippen molar-refractivity contribution in [3.05, 3.63) is 51.8 Å². The van der Waals surface area contributed by atoms with E-state index in [1.165, 1.54) is 25.5 Å². The van der Waals surface area contributed by atoms with Crippen molar-refractivity contribution in [2.24, 2.45) is 0 Å². The van der Waals surface area contributed by atoms with Crippen LogP contribution in [-0.4, -0.2) is 24.0 Å². The Balaban J connectivity index is 1.80. The Kier molecular flexibility index (Phi) is 3.54. The van der Waals surface area contributed by atoms with E-state index in [4.69, 9.17) is 4.42 Å². The number of hydrogen-bond acceptors (Lipinski definition) is 5. The number of carbonyl (C=O) groups excluding carboxylic acids is 2. The quantitative estimate of drug-likeness (QED) is 0.840. The van der Waals surface area contributed by atoms with E-state index in [0.29, 0.717) is 11.3 Å². The van der Waals surface area contributed by atoms with Crippen LogP contribution in [0.3, 0.4) is 0 Å². The lowest BCUT2D eigenvalue weighted by molar-refractivity contribution is 0.0593. The number of aromatic amines is 1. The third kappa shape index (κ3) is 2.65. The van der Waals surface area contributed by atoms with Crippen molar-refractivity contribution in [2.75, 3.05) is 12.4 Å². The Bertz CT molecular complexity index is 785. The summed E-state index contributed by atoms with van der Waals surface area (Å²) in [6, 6.07) is 4.32. The third-order valence-corrected chi connectivity index (χ3v) is 3.45. The van der Waals surface area contributed by atoms with Crippen molar-refractivity contribution in [1.29, 1.82) is 0 Å². The number of carbonyl (C=O) groups is 2. The van der Waals surface area contributed by atoms with Gasteiger partial charge in [0.05, 0.1) is 18.9 Å². The molecule has 1 fully saturated rings. The molecule has 3 rings (SSSR count). The van der Waals surface area contributed by atoms with Gasteiger partial charge in [0.25, 0.3) is 11.5 Å². The van der Waals surface area contributed by atoms with Gasteiger partial charge in [0.15, 0.2) is 0 Å². The molecule has 1 aliphatic rings. The number of H-pyrrole nitrogens is 1. The summed E-state index contributed by atoms with van der Waals surface area (Å²) in [7, 11) is 1.22. The molecule has 2 heterocycles. The zero-order valence-corrected chi connectivity index (χ0v) is 11.8. The van der Waals surface area contributed by atoms with Gasteiger partial charge in [0.2, 0.25) is 0 Å². The van der Waals surface area contributed by atoms with Gasteiger partial charge in [-0.25, -0.2) is 4.79 Å². The molecule has 0 saturated heterocycles. The lowest BCUT2D eigenvalue weighted by Crippen LogP contribution is -2.22. The van der Waals surface area contributed by atoms with Crippen LogP contribution in [0.2, 0.25) is 0 Å². The molecule has 1 aliphatic carbocycles. The van der Waals surface area contributed by atoms with Gasteiger partial charge in [0.1, 0.15) is 17.1 Å². The molecular formula is C15H14N2O5. The normalized spacial score (nSPS) is 13.7. The van der Waals surface area contributed by atoms with Crippen molar-refractivity contribution >= 4 is 17.6 Å². The van der Waals surface area contributed by atoms with Gasteiger partial charge < -0.3 is 19.5 Å². The molecule has 7 heteroatoms. The molecule has 2 aromatic heterocycles. The largest absolute Gasteiger partial charge is 0.468 e. The maximum Gasteiger partial charge on any atom is 0.354 e. The van der Waals surface area contributed by atoms with E-state index in [-0.39, 0.29) is 17.3 Å². The maximum atomic E-state index is 12.2. The van der Waals surface area contributed by atoms with Crippen LogP contribution in [0.25, 0.3) is 0 Å². The van der Waals surface area contributed by atoms with Crippen LogP contribution in [0.1, 0.15) is 45.4 Å². The lowest BCUT2D eigenvalue weighted by Gasteiger charge is -2.05. The Morgan fingerprint density at radius 3 is 2.73 bits per heavy atom. The van der Waals surface area contributed by atoms with Gasteiger partial charge >= 0.3 is 5.97 Å². The summed E-state index contributed by atoms with van der Waals surface area (Å²) >= 11 is 0. The lowest BCUT2D eigenvalue weighted by atomic mass is 10.1. The number of anilines is 1.